The van der Waals surface area contributed by atoms with Gasteiger partial charge in [0.15, 0.2) is 0 Å². The third-order valence-corrected chi connectivity index (χ3v) is 3.55. The number of phenolic OH excluding ortho intramolecular Hbond substituents is 1. The molecule has 0 aliphatic heterocycles. The molecule has 17 heavy (non-hydrogen) atoms. The van der Waals surface area contributed by atoms with Crippen molar-refractivity contribution in [3.63, 3.8) is 0 Å². The van der Waals surface area contributed by atoms with Gasteiger partial charge in [0.05, 0.1) is 10.6 Å². The van der Waals surface area contributed by atoms with Gasteiger partial charge < -0.3 is 10.4 Å². The molecule has 0 aromatic heterocycles. The first-order valence-corrected chi connectivity index (χ1v) is 6.31. The molecule has 0 spiro atoms. The van der Waals surface area contributed by atoms with E-state index in [1.165, 1.54) is 43.9 Å². The minimum Gasteiger partial charge on any atom is -0.508 e. The highest BCUT2D eigenvalue weighted by Gasteiger charge is 2.17. The van der Waals surface area contributed by atoms with Crippen LogP contribution in [0.1, 0.15) is 36.0 Å². The largest absolute Gasteiger partial charge is 0.508 e. The highest BCUT2D eigenvalue weighted by molar-refractivity contribution is 6.33. The minimum absolute atomic E-state index is 0.0559. The van der Waals surface area contributed by atoms with E-state index in [1.54, 1.807) is 0 Å². The van der Waals surface area contributed by atoms with Gasteiger partial charge in [-0.25, -0.2) is 0 Å². The lowest BCUT2D eigenvalue weighted by Gasteiger charge is -2.11. The summed E-state index contributed by atoms with van der Waals surface area (Å²) in [6.07, 6.45) is 4.89. The average Bonchev–Trinajstić information content (AvgIpc) is 2.82. The molecule has 92 valence electrons. The maximum atomic E-state index is 11.9. The van der Waals surface area contributed by atoms with Gasteiger partial charge in [0.2, 0.25) is 0 Å². The highest BCUT2D eigenvalue weighted by Crippen LogP contribution is 2.24. The summed E-state index contributed by atoms with van der Waals surface area (Å²) in [5.41, 5.74) is 0.338. The monoisotopic (exact) mass is 253 g/mol. The second kappa shape index (κ2) is 5.41. The molecule has 0 saturated heterocycles. The van der Waals surface area contributed by atoms with Crippen LogP contribution in [0.5, 0.6) is 5.75 Å². The fourth-order valence-corrected chi connectivity index (χ4v) is 2.44. The Morgan fingerprint density at radius 1 is 1.41 bits per heavy atom. The Morgan fingerprint density at radius 3 is 2.82 bits per heavy atom. The van der Waals surface area contributed by atoms with E-state index in [1.807, 2.05) is 0 Å². The predicted molar refractivity (Wildman–Crippen MR) is 67.4 cm³/mol. The first-order valence-electron chi connectivity index (χ1n) is 5.93. The summed E-state index contributed by atoms with van der Waals surface area (Å²) in [7, 11) is 0. The molecule has 0 radical (unpaired) electrons. The third-order valence-electron chi connectivity index (χ3n) is 3.22. The SMILES string of the molecule is O=C(NCC1CCCC1)c1cc(O)ccc1Cl. The number of phenols is 1. The first-order chi connectivity index (χ1) is 8.16. The predicted octanol–water partition coefficient (Wildman–Crippen LogP) is 2.97. The van der Waals surface area contributed by atoms with E-state index in [9.17, 15) is 9.90 Å². The van der Waals surface area contributed by atoms with Crippen molar-refractivity contribution in [2.45, 2.75) is 25.7 Å². The Kier molecular flexibility index (Phi) is 3.89. The third kappa shape index (κ3) is 3.13. The molecule has 0 unspecified atom stereocenters. The van der Waals surface area contributed by atoms with E-state index in [-0.39, 0.29) is 11.7 Å². The van der Waals surface area contributed by atoms with Gasteiger partial charge in [0, 0.05) is 6.54 Å². The minimum atomic E-state index is -0.210. The first kappa shape index (κ1) is 12.2. The molecule has 4 heteroatoms. The van der Waals surface area contributed by atoms with Crippen molar-refractivity contribution in [3.8, 4) is 5.75 Å². The molecule has 0 atom stereocenters. The van der Waals surface area contributed by atoms with Crippen molar-refractivity contribution in [2.75, 3.05) is 6.54 Å². The van der Waals surface area contributed by atoms with Crippen molar-refractivity contribution in [2.24, 2.45) is 5.92 Å². The molecule has 1 amide bonds. The van der Waals surface area contributed by atoms with Crippen LogP contribution in [0.4, 0.5) is 0 Å². The number of carbonyl (C=O) groups excluding carboxylic acids is 1. The van der Waals surface area contributed by atoms with Gasteiger partial charge >= 0.3 is 0 Å². The van der Waals surface area contributed by atoms with Crippen LogP contribution in [0, 0.1) is 5.92 Å². The van der Waals surface area contributed by atoms with Crippen molar-refractivity contribution in [1.29, 1.82) is 0 Å². The zero-order chi connectivity index (χ0) is 12.3. The molecule has 1 fully saturated rings. The summed E-state index contributed by atoms with van der Waals surface area (Å²) in [5.74, 6) is 0.438. The van der Waals surface area contributed by atoms with Gasteiger partial charge in [0.1, 0.15) is 5.75 Å². The van der Waals surface area contributed by atoms with Crippen LogP contribution in [0.2, 0.25) is 5.02 Å². The molecule has 2 N–H and O–H groups in total. The quantitative estimate of drug-likeness (QED) is 0.870. The lowest BCUT2D eigenvalue weighted by atomic mass is 10.1. The van der Waals surface area contributed by atoms with Crippen LogP contribution in [0.3, 0.4) is 0 Å². The molecule has 1 aliphatic carbocycles. The molecule has 1 saturated carbocycles. The van der Waals surface area contributed by atoms with E-state index in [0.29, 0.717) is 23.0 Å². The molecule has 0 heterocycles. The number of nitrogens with one attached hydrogen (secondary N) is 1. The highest BCUT2D eigenvalue weighted by atomic mass is 35.5. The molecular weight excluding hydrogens is 238 g/mol. The van der Waals surface area contributed by atoms with Crippen molar-refractivity contribution in [1.82, 2.24) is 5.32 Å². The number of amides is 1. The van der Waals surface area contributed by atoms with Crippen LogP contribution < -0.4 is 5.32 Å². The van der Waals surface area contributed by atoms with E-state index in [2.05, 4.69) is 5.32 Å². The molecule has 1 aromatic rings. The normalized spacial score (nSPS) is 16.1. The van der Waals surface area contributed by atoms with E-state index in [4.69, 9.17) is 11.6 Å². The number of carbonyl (C=O) groups is 1. The van der Waals surface area contributed by atoms with E-state index >= 15 is 0 Å². The van der Waals surface area contributed by atoms with Crippen molar-refractivity contribution < 1.29 is 9.90 Å². The second-order valence-electron chi connectivity index (χ2n) is 4.52. The molecule has 1 aromatic carbocycles. The van der Waals surface area contributed by atoms with Crippen molar-refractivity contribution in [3.05, 3.63) is 28.8 Å². The summed E-state index contributed by atoms with van der Waals surface area (Å²) in [6, 6.07) is 4.39. The zero-order valence-corrected chi connectivity index (χ0v) is 10.3. The number of hydrogen-bond donors (Lipinski definition) is 2. The number of rotatable bonds is 3. The Balaban J connectivity index is 1.96. The van der Waals surface area contributed by atoms with E-state index in [0.717, 1.165) is 0 Å². The molecule has 1 aliphatic rings. The maximum absolute atomic E-state index is 11.9. The Hall–Kier alpha value is -1.22. The fraction of sp³-hybridized carbons (Fsp3) is 0.462. The fourth-order valence-electron chi connectivity index (χ4n) is 2.23. The molecule has 3 nitrogen and oxygen atoms in total. The lowest BCUT2D eigenvalue weighted by molar-refractivity contribution is 0.0947. The maximum Gasteiger partial charge on any atom is 0.252 e. The van der Waals surface area contributed by atoms with Gasteiger partial charge in [0.25, 0.3) is 5.91 Å². The van der Waals surface area contributed by atoms with Crippen LogP contribution >= 0.6 is 11.6 Å². The van der Waals surface area contributed by atoms with Crippen LogP contribution in [0.25, 0.3) is 0 Å². The van der Waals surface area contributed by atoms with Gasteiger partial charge in [-0.3, -0.25) is 4.79 Å². The van der Waals surface area contributed by atoms with Gasteiger partial charge in [-0.1, -0.05) is 24.4 Å². The molecule has 0 bridgehead atoms. The van der Waals surface area contributed by atoms with Gasteiger partial charge in [-0.15, -0.1) is 0 Å². The number of halogens is 1. The Bertz CT molecular complexity index is 414. The van der Waals surface area contributed by atoms with E-state index < -0.39 is 0 Å². The summed E-state index contributed by atoms with van der Waals surface area (Å²) in [5, 5.41) is 12.6. The van der Waals surface area contributed by atoms with Gasteiger partial charge in [-0.05, 0) is 37.0 Å². The van der Waals surface area contributed by atoms with Crippen molar-refractivity contribution >= 4 is 17.5 Å². The molecular formula is C13H16ClNO2. The van der Waals surface area contributed by atoms with Crippen LogP contribution in [-0.4, -0.2) is 17.6 Å². The summed E-state index contributed by atoms with van der Waals surface area (Å²) in [4.78, 5) is 11.9. The summed E-state index contributed by atoms with van der Waals surface area (Å²) < 4.78 is 0. The molecule has 2 rings (SSSR count). The Morgan fingerprint density at radius 2 is 2.12 bits per heavy atom. The number of hydrogen-bond acceptors (Lipinski definition) is 2. The zero-order valence-electron chi connectivity index (χ0n) is 9.58. The lowest BCUT2D eigenvalue weighted by Crippen LogP contribution is -2.28. The van der Waals surface area contributed by atoms with Gasteiger partial charge in [-0.2, -0.15) is 0 Å². The summed E-state index contributed by atoms with van der Waals surface area (Å²) >= 11 is 5.91. The van der Waals surface area contributed by atoms with Crippen LogP contribution in [0.15, 0.2) is 18.2 Å². The number of aromatic hydroxyl groups is 1. The Labute approximate surface area is 106 Å². The van der Waals surface area contributed by atoms with Crippen LogP contribution in [-0.2, 0) is 0 Å². The topological polar surface area (TPSA) is 49.3 Å². The smallest absolute Gasteiger partial charge is 0.252 e. The average molecular weight is 254 g/mol. The summed E-state index contributed by atoms with van der Waals surface area (Å²) in [6.45, 7) is 0.699. The second-order valence-corrected chi connectivity index (χ2v) is 4.93. The number of benzene rings is 1. The standard InChI is InChI=1S/C13H16ClNO2/c14-12-6-5-10(16)7-11(12)13(17)15-8-9-3-1-2-4-9/h5-7,9,16H,1-4,8H2,(H,15,17).